The Hall–Kier alpha value is -2.49. The monoisotopic (exact) mass is 313 g/mol. The first-order valence-electron chi connectivity index (χ1n) is 7.77. The molecule has 2 aromatic carbocycles. The molecule has 1 amide bonds. The van der Waals surface area contributed by atoms with Crippen LogP contribution in [0.15, 0.2) is 48.5 Å². The first-order chi connectivity index (χ1) is 11.2. The molecule has 0 saturated heterocycles. The second-order valence-corrected chi connectivity index (χ2v) is 5.38. The highest BCUT2D eigenvalue weighted by Crippen LogP contribution is 2.25. The summed E-state index contributed by atoms with van der Waals surface area (Å²) < 4.78 is 10.7. The lowest BCUT2D eigenvalue weighted by molar-refractivity contribution is -0.123. The summed E-state index contributed by atoms with van der Waals surface area (Å²) in [5.41, 5.74) is 2.56. The number of amides is 1. The average Bonchev–Trinajstić information content (AvgIpc) is 2.57. The molecule has 0 aromatic heterocycles. The van der Waals surface area contributed by atoms with Gasteiger partial charge in [0.2, 0.25) is 0 Å². The lowest BCUT2D eigenvalue weighted by Crippen LogP contribution is -2.30. The average molecular weight is 313 g/mol. The van der Waals surface area contributed by atoms with E-state index >= 15 is 0 Å². The minimum absolute atomic E-state index is 0.00911. The molecule has 4 nitrogen and oxygen atoms in total. The molecule has 0 fully saturated rings. The van der Waals surface area contributed by atoms with Gasteiger partial charge in [-0.15, -0.1) is 0 Å². The minimum Gasteiger partial charge on any atom is -0.493 e. The summed E-state index contributed by atoms with van der Waals surface area (Å²) in [5.74, 6) is 1.07. The molecule has 0 radical (unpaired) electrons. The number of carbonyl (C=O) groups excluding carboxylic acids is 1. The van der Waals surface area contributed by atoms with Gasteiger partial charge in [0.1, 0.15) is 0 Å². The zero-order valence-electron chi connectivity index (χ0n) is 13.7. The largest absolute Gasteiger partial charge is 0.493 e. The fourth-order valence-electron chi connectivity index (χ4n) is 2.32. The normalized spacial score (nSPS) is 10.2. The summed E-state index contributed by atoms with van der Waals surface area (Å²) >= 11 is 0. The molecule has 23 heavy (non-hydrogen) atoms. The van der Waals surface area contributed by atoms with E-state index in [1.165, 1.54) is 11.1 Å². The van der Waals surface area contributed by atoms with Crippen LogP contribution in [0.5, 0.6) is 11.5 Å². The fourth-order valence-corrected chi connectivity index (χ4v) is 2.32. The second kappa shape index (κ2) is 8.83. The van der Waals surface area contributed by atoms with Gasteiger partial charge in [-0.2, -0.15) is 0 Å². The number of nitrogens with one attached hydrogen (secondary N) is 1. The van der Waals surface area contributed by atoms with E-state index in [1.807, 2.05) is 12.1 Å². The zero-order valence-corrected chi connectivity index (χ0v) is 13.7. The summed E-state index contributed by atoms with van der Waals surface area (Å²) in [6.45, 7) is 2.72. The molecule has 0 heterocycles. The molecule has 0 spiro atoms. The maximum atomic E-state index is 11.8. The molecular weight excluding hydrogens is 290 g/mol. The topological polar surface area (TPSA) is 47.6 Å². The van der Waals surface area contributed by atoms with Crippen LogP contribution in [-0.4, -0.2) is 26.2 Å². The third-order valence-corrected chi connectivity index (χ3v) is 3.47. The Morgan fingerprint density at radius 2 is 1.87 bits per heavy atom. The lowest BCUT2D eigenvalue weighted by Gasteiger charge is -2.10. The lowest BCUT2D eigenvalue weighted by atomic mass is 10.1. The molecule has 0 aliphatic carbocycles. The van der Waals surface area contributed by atoms with Crippen molar-refractivity contribution < 1.29 is 14.3 Å². The summed E-state index contributed by atoms with van der Waals surface area (Å²) in [7, 11) is 1.58. The minimum atomic E-state index is -0.125. The number of rotatable bonds is 8. The standard InChI is InChI=1S/C19H23NO3/c1-15-7-5-8-16(13-15)9-6-12-20-19(21)14-23-18-11-4-3-10-17(18)22-2/h3-5,7-8,10-11,13H,6,9,12,14H2,1-2H3,(H,20,21). The maximum Gasteiger partial charge on any atom is 0.257 e. The molecular formula is C19H23NO3. The Balaban J connectivity index is 1.67. The highest BCUT2D eigenvalue weighted by Gasteiger charge is 2.06. The third-order valence-electron chi connectivity index (χ3n) is 3.47. The van der Waals surface area contributed by atoms with Crippen molar-refractivity contribution in [2.45, 2.75) is 19.8 Å². The van der Waals surface area contributed by atoms with E-state index in [2.05, 4.69) is 36.5 Å². The SMILES string of the molecule is COc1ccccc1OCC(=O)NCCCc1cccc(C)c1. The van der Waals surface area contributed by atoms with Gasteiger partial charge in [-0.1, -0.05) is 42.0 Å². The Labute approximate surface area is 137 Å². The maximum absolute atomic E-state index is 11.8. The molecule has 1 N–H and O–H groups in total. The molecule has 4 heteroatoms. The van der Waals surface area contributed by atoms with Crippen molar-refractivity contribution in [2.75, 3.05) is 20.3 Å². The van der Waals surface area contributed by atoms with Gasteiger partial charge in [0.05, 0.1) is 7.11 Å². The van der Waals surface area contributed by atoms with Crippen LogP contribution in [0.3, 0.4) is 0 Å². The molecule has 0 unspecified atom stereocenters. The molecule has 0 aliphatic heterocycles. The predicted molar refractivity (Wildman–Crippen MR) is 91.0 cm³/mol. The Morgan fingerprint density at radius 1 is 1.09 bits per heavy atom. The van der Waals surface area contributed by atoms with E-state index in [0.717, 1.165) is 12.8 Å². The van der Waals surface area contributed by atoms with E-state index in [1.54, 1.807) is 19.2 Å². The number of ether oxygens (including phenoxy) is 2. The predicted octanol–water partition coefficient (Wildman–Crippen LogP) is 3.13. The number of para-hydroxylation sites is 2. The molecule has 0 aliphatic rings. The summed E-state index contributed by atoms with van der Waals surface area (Å²) in [5, 5.41) is 2.87. The number of benzene rings is 2. The van der Waals surface area contributed by atoms with Gasteiger partial charge in [0, 0.05) is 6.54 Å². The highest BCUT2D eigenvalue weighted by atomic mass is 16.5. The fraction of sp³-hybridized carbons (Fsp3) is 0.316. The van der Waals surface area contributed by atoms with Crippen molar-refractivity contribution >= 4 is 5.91 Å². The molecule has 0 bridgehead atoms. The van der Waals surface area contributed by atoms with Gasteiger partial charge in [0.25, 0.3) is 5.91 Å². The van der Waals surface area contributed by atoms with E-state index in [9.17, 15) is 4.79 Å². The van der Waals surface area contributed by atoms with Crippen LogP contribution in [0.2, 0.25) is 0 Å². The highest BCUT2D eigenvalue weighted by molar-refractivity contribution is 5.77. The van der Waals surface area contributed by atoms with Gasteiger partial charge < -0.3 is 14.8 Å². The van der Waals surface area contributed by atoms with Gasteiger partial charge in [-0.3, -0.25) is 4.79 Å². The molecule has 2 rings (SSSR count). The van der Waals surface area contributed by atoms with Crippen LogP contribution in [0.1, 0.15) is 17.5 Å². The quantitative estimate of drug-likeness (QED) is 0.762. The number of aryl methyl sites for hydroxylation is 2. The number of hydrogen-bond acceptors (Lipinski definition) is 3. The second-order valence-electron chi connectivity index (χ2n) is 5.38. The number of methoxy groups -OCH3 is 1. The van der Waals surface area contributed by atoms with Gasteiger partial charge in [0.15, 0.2) is 18.1 Å². The Morgan fingerprint density at radius 3 is 2.61 bits per heavy atom. The molecule has 122 valence electrons. The molecule has 0 saturated carbocycles. The van der Waals surface area contributed by atoms with Crippen molar-refractivity contribution in [3.05, 3.63) is 59.7 Å². The van der Waals surface area contributed by atoms with Crippen LogP contribution >= 0.6 is 0 Å². The first kappa shape index (κ1) is 16.9. The van der Waals surface area contributed by atoms with Gasteiger partial charge >= 0.3 is 0 Å². The third kappa shape index (κ3) is 5.66. The van der Waals surface area contributed by atoms with Gasteiger partial charge in [-0.05, 0) is 37.5 Å². The van der Waals surface area contributed by atoms with Crippen molar-refractivity contribution in [3.8, 4) is 11.5 Å². The van der Waals surface area contributed by atoms with E-state index in [4.69, 9.17) is 9.47 Å². The first-order valence-corrected chi connectivity index (χ1v) is 7.77. The Bertz CT molecular complexity index is 640. The smallest absolute Gasteiger partial charge is 0.257 e. The number of hydrogen-bond donors (Lipinski definition) is 1. The summed E-state index contributed by atoms with van der Waals surface area (Å²) in [6.07, 6.45) is 1.86. The van der Waals surface area contributed by atoms with Crippen LogP contribution < -0.4 is 14.8 Å². The molecule has 0 atom stereocenters. The number of carbonyl (C=O) groups is 1. The van der Waals surface area contributed by atoms with Crippen molar-refractivity contribution in [3.63, 3.8) is 0 Å². The van der Waals surface area contributed by atoms with Crippen LogP contribution in [-0.2, 0) is 11.2 Å². The van der Waals surface area contributed by atoms with Crippen molar-refractivity contribution in [2.24, 2.45) is 0 Å². The van der Waals surface area contributed by atoms with E-state index < -0.39 is 0 Å². The van der Waals surface area contributed by atoms with Gasteiger partial charge in [-0.25, -0.2) is 0 Å². The van der Waals surface area contributed by atoms with Crippen LogP contribution in [0.4, 0.5) is 0 Å². The zero-order chi connectivity index (χ0) is 16.5. The van der Waals surface area contributed by atoms with E-state index in [0.29, 0.717) is 18.0 Å². The molecule has 2 aromatic rings. The summed E-state index contributed by atoms with van der Waals surface area (Å²) in [6, 6.07) is 15.7. The van der Waals surface area contributed by atoms with Crippen molar-refractivity contribution in [1.29, 1.82) is 0 Å². The van der Waals surface area contributed by atoms with Crippen LogP contribution in [0, 0.1) is 6.92 Å². The summed E-state index contributed by atoms with van der Waals surface area (Å²) in [4.78, 5) is 11.8. The Kier molecular flexibility index (Phi) is 6.48. The van der Waals surface area contributed by atoms with Crippen LogP contribution in [0.25, 0.3) is 0 Å². The van der Waals surface area contributed by atoms with E-state index in [-0.39, 0.29) is 12.5 Å². The van der Waals surface area contributed by atoms with Crippen molar-refractivity contribution in [1.82, 2.24) is 5.32 Å².